The van der Waals surface area contributed by atoms with Crippen LogP contribution in [0.3, 0.4) is 0 Å². The number of carbonyl (C=O) groups is 1. The molecule has 1 amide bonds. The summed E-state index contributed by atoms with van der Waals surface area (Å²) < 4.78 is 0. The molecule has 4 atom stereocenters. The van der Waals surface area contributed by atoms with E-state index in [4.69, 9.17) is 5.73 Å². The smallest absolute Gasteiger partial charge is 0.227 e. The molecule has 0 fully saturated rings. The average Bonchev–Trinajstić information content (AvgIpc) is 2.64. The fourth-order valence-electron chi connectivity index (χ4n) is 2.10. The summed E-state index contributed by atoms with van der Waals surface area (Å²) in [7, 11) is 0. The molecule has 0 saturated carbocycles. The van der Waals surface area contributed by atoms with Crippen LogP contribution in [0.25, 0.3) is 0 Å². The number of rotatable bonds is 5. The van der Waals surface area contributed by atoms with Crippen molar-refractivity contribution in [1.29, 1.82) is 0 Å². The molecule has 92 valence electrons. The Labute approximate surface area is 98.5 Å². The first-order valence-electron chi connectivity index (χ1n) is 6.27. The van der Waals surface area contributed by atoms with Gasteiger partial charge in [0.2, 0.25) is 5.91 Å². The number of hydrogen-bond acceptors (Lipinski definition) is 2. The lowest BCUT2D eigenvalue weighted by atomic mass is 9.99. The molecule has 1 rings (SSSR count). The van der Waals surface area contributed by atoms with E-state index in [0.29, 0.717) is 5.92 Å². The summed E-state index contributed by atoms with van der Waals surface area (Å²) >= 11 is 0. The minimum atomic E-state index is -0.0191. The van der Waals surface area contributed by atoms with E-state index < -0.39 is 0 Å². The average molecular weight is 224 g/mol. The Kier molecular flexibility index (Phi) is 5.00. The first-order valence-corrected chi connectivity index (χ1v) is 6.27. The molecule has 0 heterocycles. The molecule has 16 heavy (non-hydrogen) atoms. The summed E-state index contributed by atoms with van der Waals surface area (Å²) in [5.41, 5.74) is 5.73. The first-order chi connectivity index (χ1) is 7.52. The molecule has 0 radical (unpaired) electrons. The van der Waals surface area contributed by atoms with Crippen LogP contribution in [0.15, 0.2) is 12.2 Å². The third-order valence-corrected chi connectivity index (χ3v) is 3.29. The molecule has 3 N–H and O–H groups in total. The highest BCUT2D eigenvalue weighted by atomic mass is 16.1. The van der Waals surface area contributed by atoms with E-state index in [2.05, 4.69) is 26.1 Å². The molecule has 0 saturated heterocycles. The van der Waals surface area contributed by atoms with E-state index in [1.807, 2.05) is 12.2 Å². The van der Waals surface area contributed by atoms with E-state index in [1.165, 1.54) is 0 Å². The maximum absolute atomic E-state index is 11.9. The van der Waals surface area contributed by atoms with Gasteiger partial charge in [0, 0.05) is 12.1 Å². The van der Waals surface area contributed by atoms with Crippen molar-refractivity contribution in [3.8, 4) is 0 Å². The van der Waals surface area contributed by atoms with Crippen LogP contribution in [0.4, 0.5) is 0 Å². The third kappa shape index (κ3) is 3.97. The standard InChI is InChI=1S/C13H24N2O/c1-4-9(2)7-10(3)15-13(16)11-5-6-12(14)8-11/h5-6,9-12H,4,7-8,14H2,1-3H3,(H,15,16). The minimum absolute atomic E-state index is 0.0191. The van der Waals surface area contributed by atoms with Crippen LogP contribution in [-0.2, 0) is 4.79 Å². The Balaban J connectivity index is 2.31. The molecule has 0 aromatic heterocycles. The van der Waals surface area contributed by atoms with E-state index in [1.54, 1.807) is 0 Å². The van der Waals surface area contributed by atoms with Crippen LogP contribution in [0, 0.1) is 11.8 Å². The van der Waals surface area contributed by atoms with Gasteiger partial charge in [-0.2, -0.15) is 0 Å². The van der Waals surface area contributed by atoms with Gasteiger partial charge in [0.25, 0.3) is 0 Å². The maximum atomic E-state index is 11.9. The summed E-state index contributed by atoms with van der Waals surface area (Å²) in [5, 5.41) is 3.06. The van der Waals surface area contributed by atoms with Crippen LogP contribution in [-0.4, -0.2) is 18.0 Å². The second-order valence-corrected chi connectivity index (χ2v) is 5.05. The lowest BCUT2D eigenvalue weighted by Gasteiger charge is -2.19. The SMILES string of the molecule is CCC(C)CC(C)NC(=O)C1C=CC(N)C1. The molecular weight excluding hydrogens is 200 g/mol. The van der Waals surface area contributed by atoms with Crippen LogP contribution in [0.2, 0.25) is 0 Å². The summed E-state index contributed by atoms with van der Waals surface area (Å²) in [6, 6.07) is 0.313. The molecule has 1 aliphatic carbocycles. The lowest BCUT2D eigenvalue weighted by Crippen LogP contribution is -2.37. The highest BCUT2D eigenvalue weighted by Crippen LogP contribution is 2.17. The second kappa shape index (κ2) is 6.04. The van der Waals surface area contributed by atoms with Crippen molar-refractivity contribution in [3.63, 3.8) is 0 Å². The van der Waals surface area contributed by atoms with Crippen molar-refractivity contribution in [3.05, 3.63) is 12.2 Å². The number of amides is 1. The monoisotopic (exact) mass is 224 g/mol. The molecule has 0 aliphatic heterocycles. The van der Waals surface area contributed by atoms with Gasteiger partial charge in [-0.25, -0.2) is 0 Å². The van der Waals surface area contributed by atoms with E-state index in [0.717, 1.165) is 19.3 Å². The maximum Gasteiger partial charge on any atom is 0.227 e. The molecule has 0 spiro atoms. The molecule has 3 nitrogen and oxygen atoms in total. The highest BCUT2D eigenvalue weighted by molar-refractivity contribution is 5.81. The van der Waals surface area contributed by atoms with E-state index >= 15 is 0 Å². The van der Waals surface area contributed by atoms with Crippen LogP contribution in [0.1, 0.15) is 40.0 Å². The summed E-state index contributed by atoms with van der Waals surface area (Å²) in [6.45, 7) is 6.47. The van der Waals surface area contributed by atoms with Crippen LogP contribution < -0.4 is 11.1 Å². The Morgan fingerprint density at radius 1 is 1.50 bits per heavy atom. The van der Waals surface area contributed by atoms with Gasteiger partial charge < -0.3 is 11.1 Å². The van der Waals surface area contributed by atoms with Crippen LogP contribution >= 0.6 is 0 Å². The summed E-state index contributed by atoms with van der Waals surface area (Å²) in [6.07, 6.45) is 6.81. The summed E-state index contributed by atoms with van der Waals surface area (Å²) in [5.74, 6) is 0.770. The molecule has 1 aliphatic rings. The number of carbonyl (C=O) groups excluding carboxylic acids is 1. The van der Waals surface area contributed by atoms with Crippen molar-refractivity contribution in [1.82, 2.24) is 5.32 Å². The van der Waals surface area contributed by atoms with Gasteiger partial charge in [-0.3, -0.25) is 4.79 Å². The third-order valence-electron chi connectivity index (χ3n) is 3.29. The second-order valence-electron chi connectivity index (χ2n) is 5.05. The predicted molar refractivity (Wildman–Crippen MR) is 66.9 cm³/mol. The van der Waals surface area contributed by atoms with Gasteiger partial charge in [0.1, 0.15) is 0 Å². The van der Waals surface area contributed by atoms with E-state index in [-0.39, 0.29) is 23.9 Å². The van der Waals surface area contributed by atoms with Gasteiger partial charge in [0.05, 0.1) is 5.92 Å². The first kappa shape index (κ1) is 13.2. The normalized spacial score (nSPS) is 27.8. The zero-order valence-electron chi connectivity index (χ0n) is 10.6. The van der Waals surface area contributed by atoms with Crippen molar-refractivity contribution in [2.24, 2.45) is 17.6 Å². The zero-order valence-corrected chi connectivity index (χ0v) is 10.6. The van der Waals surface area contributed by atoms with Crippen molar-refractivity contribution in [2.75, 3.05) is 0 Å². The molecule has 3 heteroatoms. The topological polar surface area (TPSA) is 55.1 Å². The van der Waals surface area contributed by atoms with Crippen molar-refractivity contribution < 1.29 is 4.79 Å². The van der Waals surface area contributed by atoms with Crippen molar-refractivity contribution >= 4 is 5.91 Å². The van der Waals surface area contributed by atoms with Gasteiger partial charge in [-0.1, -0.05) is 32.4 Å². The quantitative estimate of drug-likeness (QED) is 0.700. The van der Waals surface area contributed by atoms with Gasteiger partial charge in [-0.15, -0.1) is 0 Å². The minimum Gasteiger partial charge on any atom is -0.353 e. The Morgan fingerprint density at radius 3 is 2.69 bits per heavy atom. The number of nitrogens with two attached hydrogens (primary N) is 1. The van der Waals surface area contributed by atoms with Crippen molar-refractivity contribution in [2.45, 2.75) is 52.1 Å². The van der Waals surface area contributed by atoms with E-state index in [9.17, 15) is 4.79 Å². The number of hydrogen-bond donors (Lipinski definition) is 2. The number of nitrogens with one attached hydrogen (secondary N) is 1. The Morgan fingerprint density at radius 2 is 2.19 bits per heavy atom. The molecule has 0 aromatic rings. The Hall–Kier alpha value is -0.830. The zero-order chi connectivity index (χ0) is 12.1. The highest BCUT2D eigenvalue weighted by Gasteiger charge is 2.23. The lowest BCUT2D eigenvalue weighted by molar-refractivity contribution is -0.124. The van der Waals surface area contributed by atoms with Gasteiger partial charge in [0.15, 0.2) is 0 Å². The molecule has 0 bridgehead atoms. The molecular formula is C13H24N2O. The largest absolute Gasteiger partial charge is 0.353 e. The molecule has 0 aromatic carbocycles. The summed E-state index contributed by atoms with van der Waals surface area (Å²) in [4.78, 5) is 11.9. The Bertz CT molecular complexity index is 263. The van der Waals surface area contributed by atoms with Gasteiger partial charge >= 0.3 is 0 Å². The van der Waals surface area contributed by atoms with Crippen LogP contribution in [0.5, 0.6) is 0 Å². The molecule has 4 unspecified atom stereocenters. The predicted octanol–water partition coefficient (Wildman–Crippen LogP) is 1.83. The fraction of sp³-hybridized carbons (Fsp3) is 0.769. The van der Waals surface area contributed by atoms with Gasteiger partial charge in [-0.05, 0) is 25.7 Å². The fourth-order valence-corrected chi connectivity index (χ4v) is 2.10.